The van der Waals surface area contributed by atoms with Gasteiger partial charge in [-0.05, 0) is 41.1 Å². The van der Waals surface area contributed by atoms with Crippen LogP contribution in [0.5, 0.6) is 5.88 Å². The maximum atomic E-state index is 10.2. The molecule has 1 aromatic heterocycles. The smallest absolute Gasteiger partial charge is 0.233 e. The van der Waals surface area contributed by atoms with Crippen molar-refractivity contribution in [1.82, 2.24) is 9.97 Å². The highest BCUT2D eigenvalue weighted by Gasteiger charge is 2.28. The number of rotatable bonds is 4. The molecule has 6 nitrogen and oxygen atoms in total. The molecule has 7 heteroatoms. The molecule has 1 saturated carbocycles. The van der Waals surface area contributed by atoms with Gasteiger partial charge in [0.25, 0.3) is 0 Å². The molecule has 2 fully saturated rings. The molecule has 4 atom stereocenters. The van der Waals surface area contributed by atoms with Crippen molar-refractivity contribution in [3.63, 3.8) is 0 Å². The Morgan fingerprint density at radius 2 is 2.27 bits per heavy atom. The SMILES string of the molecule is CC1CCC(Nc2ncc(Br)c(OC3CCOC3)n2)C(O)C1. The number of aromatic nitrogens is 2. The van der Waals surface area contributed by atoms with Gasteiger partial charge in [-0.25, -0.2) is 4.98 Å². The fourth-order valence-electron chi connectivity index (χ4n) is 2.95. The van der Waals surface area contributed by atoms with Crippen LogP contribution in [0.15, 0.2) is 10.7 Å². The Morgan fingerprint density at radius 1 is 1.41 bits per heavy atom. The van der Waals surface area contributed by atoms with E-state index in [0.29, 0.717) is 24.4 Å². The van der Waals surface area contributed by atoms with Gasteiger partial charge < -0.3 is 19.9 Å². The topological polar surface area (TPSA) is 76.5 Å². The average Bonchev–Trinajstić information content (AvgIpc) is 2.98. The first-order chi connectivity index (χ1) is 10.6. The van der Waals surface area contributed by atoms with Crippen molar-refractivity contribution >= 4 is 21.9 Å². The molecule has 1 aromatic rings. The van der Waals surface area contributed by atoms with Crippen LogP contribution in [0.2, 0.25) is 0 Å². The first-order valence-electron chi connectivity index (χ1n) is 7.83. The van der Waals surface area contributed by atoms with E-state index in [1.165, 1.54) is 0 Å². The summed E-state index contributed by atoms with van der Waals surface area (Å²) >= 11 is 3.41. The summed E-state index contributed by atoms with van der Waals surface area (Å²) < 4.78 is 11.9. The molecule has 3 rings (SSSR count). The lowest BCUT2D eigenvalue weighted by Crippen LogP contribution is -2.39. The van der Waals surface area contributed by atoms with E-state index in [1.54, 1.807) is 6.20 Å². The van der Waals surface area contributed by atoms with E-state index in [0.717, 1.165) is 36.8 Å². The molecule has 0 radical (unpaired) electrons. The highest BCUT2D eigenvalue weighted by atomic mass is 79.9. The van der Waals surface area contributed by atoms with Crippen LogP contribution in [0.3, 0.4) is 0 Å². The highest BCUT2D eigenvalue weighted by Crippen LogP contribution is 2.28. The third kappa shape index (κ3) is 3.88. The normalized spacial score (nSPS) is 32.0. The lowest BCUT2D eigenvalue weighted by atomic mass is 9.85. The number of nitrogens with zero attached hydrogens (tertiary/aromatic N) is 2. The number of hydrogen-bond donors (Lipinski definition) is 2. The minimum atomic E-state index is -0.358. The van der Waals surface area contributed by atoms with Gasteiger partial charge in [0.05, 0.1) is 36.0 Å². The molecule has 122 valence electrons. The van der Waals surface area contributed by atoms with Crippen molar-refractivity contribution in [3.8, 4) is 5.88 Å². The lowest BCUT2D eigenvalue weighted by Gasteiger charge is -2.32. The van der Waals surface area contributed by atoms with E-state index in [-0.39, 0.29) is 18.2 Å². The first-order valence-corrected chi connectivity index (χ1v) is 8.62. The van der Waals surface area contributed by atoms with Crippen LogP contribution < -0.4 is 10.1 Å². The molecule has 1 aliphatic carbocycles. The lowest BCUT2D eigenvalue weighted by molar-refractivity contribution is 0.0927. The summed E-state index contributed by atoms with van der Waals surface area (Å²) in [6.45, 7) is 3.49. The Balaban J connectivity index is 1.66. The van der Waals surface area contributed by atoms with E-state index in [4.69, 9.17) is 9.47 Å². The van der Waals surface area contributed by atoms with Crippen molar-refractivity contribution in [2.24, 2.45) is 5.92 Å². The van der Waals surface area contributed by atoms with Crippen molar-refractivity contribution in [2.75, 3.05) is 18.5 Å². The monoisotopic (exact) mass is 371 g/mol. The fraction of sp³-hybridized carbons (Fsp3) is 0.733. The quantitative estimate of drug-likeness (QED) is 0.845. The Labute approximate surface area is 138 Å². The van der Waals surface area contributed by atoms with Crippen LogP contribution >= 0.6 is 15.9 Å². The molecule has 0 spiro atoms. The predicted octanol–water partition coefficient (Wildman–Crippen LogP) is 2.37. The van der Waals surface area contributed by atoms with Gasteiger partial charge in [-0.1, -0.05) is 6.92 Å². The number of anilines is 1. The van der Waals surface area contributed by atoms with Gasteiger partial charge in [-0.2, -0.15) is 4.98 Å². The van der Waals surface area contributed by atoms with Crippen LogP contribution in [0.4, 0.5) is 5.95 Å². The molecule has 0 bridgehead atoms. The second-order valence-corrected chi connectivity index (χ2v) is 7.04. The maximum absolute atomic E-state index is 10.2. The third-order valence-electron chi connectivity index (χ3n) is 4.27. The number of nitrogens with one attached hydrogen (secondary N) is 1. The van der Waals surface area contributed by atoms with Gasteiger partial charge in [0.2, 0.25) is 11.8 Å². The standard InChI is InChI=1S/C15H22BrN3O3/c1-9-2-3-12(13(20)6-9)18-15-17-7-11(16)14(19-15)22-10-4-5-21-8-10/h7,9-10,12-13,20H,2-6,8H2,1H3,(H,17,18,19). The van der Waals surface area contributed by atoms with Crippen molar-refractivity contribution in [3.05, 3.63) is 10.7 Å². The molecule has 0 aromatic carbocycles. The zero-order valence-electron chi connectivity index (χ0n) is 12.7. The van der Waals surface area contributed by atoms with Crippen LogP contribution in [0, 0.1) is 5.92 Å². The van der Waals surface area contributed by atoms with E-state index in [2.05, 4.69) is 38.1 Å². The molecular formula is C15H22BrN3O3. The van der Waals surface area contributed by atoms with E-state index >= 15 is 0 Å². The highest BCUT2D eigenvalue weighted by molar-refractivity contribution is 9.10. The second kappa shape index (κ2) is 7.10. The van der Waals surface area contributed by atoms with E-state index in [1.807, 2.05) is 0 Å². The Kier molecular flexibility index (Phi) is 5.15. The maximum Gasteiger partial charge on any atom is 0.233 e. The molecule has 4 unspecified atom stereocenters. The van der Waals surface area contributed by atoms with E-state index < -0.39 is 0 Å². The van der Waals surface area contributed by atoms with Gasteiger partial charge in [0, 0.05) is 6.42 Å². The molecule has 1 aliphatic heterocycles. The van der Waals surface area contributed by atoms with Gasteiger partial charge in [0.15, 0.2) is 0 Å². The van der Waals surface area contributed by atoms with Crippen molar-refractivity contribution in [1.29, 1.82) is 0 Å². The second-order valence-electron chi connectivity index (χ2n) is 6.19. The zero-order valence-corrected chi connectivity index (χ0v) is 14.3. The number of halogens is 1. The predicted molar refractivity (Wildman–Crippen MR) is 86.0 cm³/mol. The summed E-state index contributed by atoms with van der Waals surface area (Å²) in [5.41, 5.74) is 0. The summed E-state index contributed by atoms with van der Waals surface area (Å²) in [5, 5.41) is 13.4. The van der Waals surface area contributed by atoms with Gasteiger partial charge in [-0.3, -0.25) is 0 Å². The number of aliphatic hydroxyl groups is 1. The van der Waals surface area contributed by atoms with Crippen LogP contribution in [0.25, 0.3) is 0 Å². The summed E-state index contributed by atoms with van der Waals surface area (Å²) in [6, 6.07) is 0.0000365. The Hall–Kier alpha value is -0.920. The van der Waals surface area contributed by atoms with Crippen molar-refractivity contribution in [2.45, 2.75) is 50.9 Å². The number of hydrogen-bond acceptors (Lipinski definition) is 6. The summed E-state index contributed by atoms with van der Waals surface area (Å²) in [5.74, 6) is 1.59. The number of ether oxygens (including phenoxy) is 2. The fourth-order valence-corrected chi connectivity index (χ4v) is 3.24. The summed E-state index contributed by atoms with van der Waals surface area (Å²) in [4.78, 5) is 8.69. The van der Waals surface area contributed by atoms with Crippen LogP contribution in [-0.4, -0.2) is 46.5 Å². The van der Waals surface area contributed by atoms with Gasteiger partial charge in [0.1, 0.15) is 6.10 Å². The molecule has 1 saturated heterocycles. The van der Waals surface area contributed by atoms with Crippen LogP contribution in [-0.2, 0) is 4.74 Å². The summed E-state index contributed by atoms with van der Waals surface area (Å²) in [6.07, 6.45) is 5.08. The Morgan fingerprint density at radius 3 is 3.00 bits per heavy atom. The molecule has 22 heavy (non-hydrogen) atoms. The van der Waals surface area contributed by atoms with E-state index in [9.17, 15) is 5.11 Å². The Bertz CT molecular complexity index is 511. The van der Waals surface area contributed by atoms with Crippen LogP contribution in [0.1, 0.15) is 32.6 Å². The molecule has 2 heterocycles. The first kappa shape index (κ1) is 16.0. The molecular weight excluding hydrogens is 350 g/mol. The molecule has 0 amide bonds. The van der Waals surface area contributed by atoms with Crippen molar-refractivity contribution < 1.29 is 14.6 Å². The third-order valence-corrected chi connectivity index (χ3v) is 4.82. The molecule has 2 aliphatic rings. The summed E-state index contributed by atoms with van der Waals surface area (Å²) in [7, 11) is 0. The van der Waals surface area contributed by atoms with Gasteiger partial charge >= 0.3 is 0 Å². The minimum Gasteiger partial charge on any atom is -0.471 e. The largest absolute Gasteiger partial charge is 0.471 e. The van der Waals surface area contributed by atoms with Gasteiger partial charge in [-0.15, -0.1) is 0 Å². The minimum absolute atomic E-state index is 0.0000365. The molecule has 2 N–H and O–H groups in total. The zero-order chi connectivity index (χ0) is 15.5. The number of aliphatic hydroxyl groups excluding tert-OH is 1. The average molecular weight is 372 g/mol.